The molecule has 1 aliphatic carbocycles. The quantitative estimate of drug-likeness (QED) is 0.763. The molecular weight excluding hydrogens is 236 g/mol. The van der Waals surface area contributed by atoms with Crippen LogP contribution in [-0.2, 0) is 4.74 Å². The number of carbonyl (C=O) groups excluding carboxylic acids is 1. The number of allylic oxidation sites excluding steroid dienone is 3. The van der Waals surface area contributed by atoms with Crippen molar-refractivity contribution in [1.29, 1.82) is 0 Å². The molecule has 0 bridgehead atoms. The fraction of sp³-hybridized carbons (Fsp3) is 0.143. The minimum atomic E-state index is -0.00989. The third-order valence-electron chi connectivity index (χ3n) is 2.56. The number of ether oxygens (including phenoxy) is 1. The van der Waals surface area contributed by atoms with Crippen LogP contribution in [-0.4, -0.2) is 12.9 Å². The minimum Gasteiger partial charge on any atom is -0.497 e. The minimum absolute atomic E-state index is 0.00989. The van der Waals surface area contributed by atoms with Crippen LogP contribution >= 0.6 is 11.6 Å². The maximum atomic E-state index is 12.1. The van der Waals surface area contributed by atoms with Gasteiger partial charge in [-0.2, -0.15) is 0 Å². The summed E-state index contributed by atoms with van der Waals surface area (Å²) in [5, 5.41) is 0.626. The summed E-state index contributed by atoms with van der Waals surface area (Å²) >= 11 is 5.78. The van der Waals surface area contributed by atoms with Gasteiger partial charge in [0.1, 0.15) is 5.76 Å². The predicted molar refractivity (Wildman–Crippen MR) is 67.9 cm³/mol. The van der Waals surface area contributed by atoms with Crippen LogP contribution < -0.4 is 0 Å². The van der Waals surface area contributed by atoms with Gasteiger partial charge >= 0.3 is 0 Å². The molecule has 1 radical (unpaired) electrons. The highest BCUT2D eigenvalue weighted by Gasteiger charge is 2.15. The molecule has 0 unspecified atom stereocenters. The molecule has 0 aliphatic heterocycles. The second-order valence-corrected chi connectivity index (χ2v) is 4.12. The molecule has 0 saturated carbocycles. The first-order chi connectivity index (χ1) is 8.20. The summed E-state index contributed by atoms with van der Waals surface area (Å²) in [6.07, 6.45) is 6.28. The molecule has 2 nitrogen and oxygen atoms in total. The molecule has 17 heavy (non-hydrogen) atoms. The average molecular weight is 248 g/mol. The Kier molecular flexibility index (Phi) is 3.64. The number of carbonyl (C=O) groups is 1. The Morgan fingerprint density at radius 1 is 1.29 bits per heavy atom. The number of rotatable bonds is 3. The fourth-order valence-electron chi connectivity index (χ4n) is 1.64. The van der Waals surface area contributed by atoms with Crippen LogP contribution in [0.25, 0.3) is 0 Å². The standard InChI is InChI=1S/C14H12ClO2/c1-17-13-4-2-3-11(9-13)14(16)10-5-7-12(15)8-6-10/h3-9H,2H2,1H3. The average Bonchev–Trinajstić information content (AvgIpc) is 2.39. The molecule has 3 heteroatoms. The molecule has 0 heterocycles. The SMILES string of the molecule is COC1=CC[CH]C(C(=O)c2ccc(Cl)cc2)=C1. The van der Waals surface area contributed by atoms with Crippen LogP contribution in [0.1, 0.15) is 16.8 Å². The van der Waals surface area contributed by atoms with Crippen LogP contribution in [0.3, 0.4) is 0 Å². The Balaban J connectivity index is 2.23. The van der Waals surface area contributed by atoms with E-state index in [1.807, 2.05) is 12.5 Å². The van der Waals surface area contributed by atoms with E-state index in [4.69, 9.17) is 16.3 Å². The molecule has 2 rings (SSSR count). The number of halogens is 1. The lowest BCUT2D eigenvalue weighted by atomic mass is 9.96. The van der Waals surface area contributed by atoms with Crippen molar-refractivity contribution in [3.63, 3.8) is 0 Å². The first kappa shape index (κ1) is 11.9. The summed E-state index contributed by atoms with van der Waals surface area (Å²) in [5.74, 6) is 0.717. The van der Waals surface area contributed by atoms with E-state index in [2.05, 4.69) is 0 Å². The van der Waals surface area contributed by atoms with Gasteiger partial charge in [-0.1, -0.05) is 11.6 Å². The number of Topliss-reactive ketones (excluding diaryl/α,β-unsaturated/α-hetero) is 1. The van der Waals surface area contributed by atoms with Crippen LogP contribution in [0.15, 0.2) is 47.7 Å². The van der Waals surface area contributed by atoms with Gasteiger partial charge in [0.05, 0.1) is 7.11 Å². The maximum absolute atomic E-state index is 12.1. The monoisotopic (exact) mass is 247 g/mol. The van der Waals surface area contributed by atoms with Crippen molar-refractivity contribution in [2.45, 2.75) is 6.42 Å². The second-order valence-electron chi connectivity index (χ2n) is 3.69. The molecule has 0 N–H and O–H groups in total. The van der Waals surface area contributed by atoms with E-state index >= 15 is 0 Å². The highest BCUT2D eigenvalue weighted by molar-refractivity contribution is 6.30. The number of hydrogen-bond donors (Lipinski definition) is 0. The Labute approximate surface area is 106 Å². The second kappa shape index (κ2) is 5.19. The summed E-state index contributed by atoms with van der Waals surface area (Å²) in [7, 11) is 1.60. The lowest BCUT2D eigenvalue weighted by molar-refractivity contribution is 0.103. The van der Waals surface area contributed by atoms with E-state index in [0.717, 1.165) is 5.76 Å². The predicted octanol–water partition coefficient (Wildman–Crippen LogP) is 3.59. The molecule has 1 aromatic rings. The molecular formula is C14H12ClO2. The van der Waals surface area contributed by atoms with Crippen LogP contribution in [0.2, 0.25) is 5.02 Å². The van der Waals surface area contributed by atoms with E-state index in [1.54, 1.807) is 37.5 Å². The van der Waals surface area contributed by atoms with Crippen molar-refractivity contribution >= 4 is 17.4 Å². The lowest BCUT2D eigenvalue weighted by Crippen LogP contribution is -2.07. The van der Waals surface area contributed by atoms with Crippen LogP contribution in [0.5, 0.6) is 0 Å². The number of hydrogen-bond acceptors (Lipinski definition) is 2. The Bertz CT molecular complexity index is 483. The van der Waals surface area contributed by atoms with Gasteiger partial charge in [-0.15, -0.1) is 0 Å². The summed E-state index contributed by atoms with van der Waals surface area (Å²) in [6, 6.07) is 6.88. The zero-order valence-corrected chi connectivity index (χ0v) is 10.2. The van der Waals surface area contributed by atoms with Crippen molar-refractivity contribution in [3.8, 4) is 0 Å². The lowest BCUT2D eigenvalue weighted by Gasteiger charge is -2.11. The summed E-state index contributed by atoms with van der Waals surface area (Å²) in [6.45, 7) is 0. The third kappa shape index (κ3) is 2.77. The molecule has 0 aromatic heterocycles. The molecule has 87 valence electrons. The smallest absolute Gasteiger partial charge is 0.189 e. The van der Waals surface area contributed by atoms with Gasteiger partial charge < -0.3 is 4.74 Å². The van der Waals surface area contributed by atoms with Gasteiger partial charge in [0.25, 0.3) is 0 Å². The molecule has 1 aliphatic rings. The van der Waals surface area contributed by atoms with Crippen molar-refractivity contribution in [1.82, 2.24) is 0 Å². The van der Waals surface area contributed by atoms with E-state index in [9.17, 15) is 4.79 Å². The molecule has 1 aromatic carbocycles. The first-order valence-electron chi connectivity index (χ1n) is 5.30. The highest BCUT2D eigenvalue weighted by Crippen LogP contribution is 2.21. The van der Waals surface area contributed by atoms with E-state index in [-0.39, 0.29) is 5.78 Å². The van der Waals surface area contributed by atoms with Crippen LogP contribution in [0.4, 0.5) is 0 Å². The van der Waals surface area contributed by atoms with Gasteiger partial charge in [0, 0.05) is 16.2 Å². The molecule has 0 atom stereocenters. The molecule has 0 spiro atoms. The third-order valence-corrected chi connectivity index (χ3v) is 2.81. The van der Waals surface area contributed by atoms with Gasteiger partial charge in [-0.3, -0.25) is 4.79 Å². The van der Waals surface area contributed by atoms with Gasteiger partial charge in [-0.05, 0) is 49.3 Å². The van der Waals surface area contributed by atoms with E-state index < -0.39 is 0 Å². The highest BCUT2D eigenvalue weighted by atomic mass is 35.5. The number of benzene rings is 1. The fourth-order valence-corrected chi connectivity index (χ4v) is 1.77. The van der Waals surface area contributed by atoms with Crippen LogP contribution in [0, 0.1) is 6.42 Å². The zero-order chi connectivity index (χ0) is 12.3. The Morgan fingerprint density at radius 3 is 2.65 bits per heavy atom. The topological polar surface area (TPSA) is 26.3 Å². The summed E-state index contributed by atoms with van der Waals surface area (Å²) in [5.41, 5.74) is 1.29. The van der Waals surface area contributed by atoms with Gasteiger partial charge in [0.2, 0.25) is 0 Å². The summed E-state index contributed by atoms with van der Waals surface area (Å²) < 4.78 is 5.12. The molecule has 0 amide bonds. The largest absolute Gasteiger partial charge is 0.497 e. The Morgan fingerprint density at radius 2 is 2.00 bits per heavy atom. The normalized spacial score (nSPS) is 14.9. The van der Waals surface area contributed by atoms with E-state index in [0.29, 0.717) is 22.6 Å². The van der Waals surface area contributed by atoms with Crippen molar-refractivity contribution in [3.05, 3.63) is 64.8 Å². The Hall–Kier alpha value is -1.54. The number of methoxy groups -OCH3 is 1. The molecule has 0 saturated heterocycles. The summed E-state index contributed by atoms with van der Waals surface area (Å²) in [4.78, 5) is 12.1. The molecule has 0 fully saturated rings. The van der Waals surface area contributed by atoms with E-state index in [1.165, 1.54) is 0 Å². The number of ketones is 1. The van der Waals surface area contributed by atoms with Crippen molar-refractivity contribution in [2.24, 2.45) is 0 Å². The first-order valence-corrected chi connectivity index (χ1v) is 5.68. The maximum Gasteiger partial charge on any atom is 0.189 e. The van der Waals surface area contributed by atoms with Gasteiger partial charge in [0.15, 0.2) is 5.78 Å². The zero-order valence-electron chi connectivity index (χ0n) is 9.44. The van der Waals surface area contributed by atoms with Gasteiger partial charge in [-0.25, -0.2) is 0 Å². The van der Waals surface area contributed by atoms with Crippen molar-refractivity contribution < 1.29 is 9.53 Å². The van der Waals surface area contributed by atoms with Crippen molar-refractivity contribution in [2.75, 3.05) is 7.11 Å².